The largest absolute Gasteiger partial charge is 0.309 e. The SMILES string of the molecule is CC1(C)c2ccccc2-c2ccc(-c3cc(-c4ccc(-c5ccc6nc(-c7ccccc7)c7ccc8c(c9ccccc9n8-c8ccccc8)c7c6c5)cc4)nc(-c4ccccc4)n3)cc21. The number of benzene rings is 9. The molecule has 4 heteroatoms. The van der Waals surface area contributed by atoms with Gasteiger partial charge in [-0.2, -0.15) is 0 Å². The normalized spacial score (nSPS) is 12.8. The van der Waals surface area contributed by atoms with Crippen LogP contribution in [0.1, 0.15) is 25.0 Å². The van der Waals surface area contributed by atoms with Crippen molar-refractivity contribution in [2.24, 2.45) is 0 Å². The van der Waals surface area contributed by atoms with E-state index in [0.717, 1.165) is 72.4 Å². The highest BCUT2D eigenvalue weighted by Gasteiger charge is 2.35. The third-order valence-electron chi connectivity index (χ3n) is 13.8. The maximum absolute atomic E-state index is 5.40. The van der Waals surface area contributed by atoms with Gasteiger partial charge in [-0.3, -0.25) is 0 Å². The van der Waals surface area contributed by atoms with Gasteiger partial charge in [-0.15, -0.1) is 0 Å². The van der Waals surface area contributed by atoms with Gasteiger partial charge in [-0.05, 0) is 81.9 Å². The fourth-order valence-corrected chi connectivity index (χ4v) is 10.6. The minimum absolute atomic E-state index is 0.113. The van der Waals surface area contributed by atoms with Gasteiger partial charge < -0.3 is 4.57 Å². The Morgan fingerprint density at radius 3 is 1.77 bits per heavy atom. The molecule has 3 aromatic heterocycles. The van der Waals surface area contributed by atoms with Crippen LogP contribution < -0.4 is 0 Å². The van der Waals surface area contributed by atoms with Crippen LogP contribution in [0.5, 0.6) is 0 Å². The predicted molar refractivity (Wildman–Crippen MR) is 274 cm³/mol. The molecular formula is C62H42N4. The molecule has 4 nitrogen and oxygen atoms in total. The van der Waals surface area contributed by atoms with Gasteiger partial charge in [0.05, 0.1) is 33.6 Å². The van der Waals surface area contributed by atoms with Gasteiger partial charge in [-0.1, -0.05) is 184 Å². The second kappa shape index (κ2) is 14.8. The molecule has 0 unspecified atom stereocenters. The Hall–Kier alpha value is -8.47. The van der Waals surface area contributed by atoms with Gasteiger partial charge in [0.1, 0.15) is 0 Å². The fourth-order valence-electron chi connectivity index (χ4n) is 10.6. The van der Waals surface area contributed by atoms with Crippen LogP contribution in [-0.2, 0) is 5.41 Å². The molecular weight excluding hydrogens is 801 g/mol. The Bertz CT molecular complexity index is 3870. The molecule has 9 aromatic carbocycles. The molecule has 0 atom stereocenters. The van der Waals surface area contributed by atoms with E-state index in [4.69, 9.17) is 15.0 Å². The Kier molecular flexibility index (Phi) is 8.53. The van der Waals surface area contributed by atoms with Gasteiger partial charge in [0.15, 0.2) is 5.82 Å². The quantitative estimate of drug-likeness (QED) is 0.157. The van der Waals surface area contributed by atoms with E-state index in [9.17, 15) is 0 Å². The summed E-state index contributed by atoms with van der Waals surface area (Å²) in [5.41, 5.74) is 18.9. The summed E-state index contributed by atoms with van der Waals surface area (Å²) in [4.78, 5) is 15.8. The summed E-state index contributed by atoms with van der Waals surface area (Å²) in [6.45, 7) is 4.65. The van der Waals surface area contributed by atoms with E-state index in [1.807, 2.05) is 18.2 Å². The average Bonchev–Trinajstić information content (AvgIpc) is 3.84. The molecule has 0 amide bonds. The van der Waals surface area contributed by atoms with Crippen molar-refractivity contribution in [3.8, 4) is 73.1 Å². The van der Waals surface area contributed by atoms with Crippen molar-refractivity contribution >= 4 is 43.5 Å². The number of nitrogens with zero attached hydrogens (tertiary/aromatic N) is 4. The summed E-state index contributed by atoms with van der Waals surface area (Å²) in [5.74, 6) is 0.707. The molecule has 0 radical (unpaired) electrons. The first kappa shape index (κ1) is 38.0. The number of hydrogen-bond acceptors (Lipinski definition) is 3. The molecule has 0 saturated carbocycles. The Morgan fingerprint density at radius 1 is 0.364 bits per heavy atom. The average molecular weight is 843 g/mol. The molecule has 0 spiro atoms. The Labute approximate surface area is 383 Å². The lowest BCUT2D eigenvalue weighted by atomic mass is 9.82. The van der Waals surface area contributed by atoms with Gasteiger partial charge in [0.25, 0.3) is 0 Å². The molecule has 12 aromatic rings. The van der Waals surface area contributed by atoms with Crippen LogP contribution in [0.4, 0.5) is 0 Å². The van der Waals surface area contributed by atoms with Crippen LogP contribution in [0.3, 0.4) is 0 Å². The molecule has 66 heavy (non-hydrogen) atoms. The van der Waals surface area contributed by atoms with Crippen molar-refractivity contribution < 1.29 is 0 Å². The summed E-state index contributed by atoms with van der Waals surface area (Å²) in [6.07, 6.45) is 0. The summed E-state index contributed by atoms with van der Waals surface area (Å²) in [5, 5.41) is 5.92. The zero-order valence-corrected chi connectivity index (χ0v) is 36.6. The van der Waals surface area contributed by atoms with Gasteiger partial charge in [0, 0.05) is 60.3 Å². The smallest absolute Gasteiger partial charge is 0.160 e. The van der Waals surface area contributed by atoms with Crippen molar-refractivity contribution in [3.05, 3.63) is 230 Å². The van der Waals surface area contributed by atoms with Crippen molar-refractivity contribution in [2.75, 3.05) is 0 Å². The van der Waals surface area contributed by atoms with Gasteiger partial charge in [-0.25, -0.2) is 15.0 Å². The fraction of sp³-hybridized carbons (Fsp3) is 0.0484. The monoisotopic (exact) mass is 842 g/mol. The minimum Gasteiger partial charge on any atom is -0.309 e. The van der Waals surface area contributed by atoms with E-state index in [1.165, 1.54) is 49.4 Å². The van der Waals surface area contributed by atoms with E-state index < -0.39 is 0 Å². The minimum atomic E-state index is -0.113. The van der Waals surface area contributed by atoms with Crippen LogP contribution >= 0.6 is 0 Å². The second-order valence-corrected chi connectivity index (χ2v) is 18.0. The van der Waals surface area contributed by atoms with Gasteiger partial charge in [0.2, 0.25) is 0 Å². The molecule has 1 aliphatic rings. The number of hydrogen-bond donors (Lipinski definition) is 0. The summed E-state index contributed by atoms with van der Waals surface area (Å²) < 4.78 is 2.40. The first-order valence-corrected chi connectivity index (χ1v) is 22.7. The summed E-state index contributed by atoms with van der Waals surface area (Å²) in [6, 6.07) is 78.2. The lowest BCUT2D eigenvalue weighted by molar-refractivity contribution is 0.660. The molecule has 1 aliphatic carbocycles. The van der Waals surface area contributed by atoms with Crippen molar-refractivity contribution in [1.29, 1.82) is 0 Å². The first-order chi connectivity index (χ1) is 32.5. The van der Waals surface area contributed by atoms with Crippen molar-refractivity contribution in [3.63, 3.8) is 0 Å². The summed E-state index contributed by atoms with van der Waals surface area (Å²) >= 11 is 0. The standard InChI is InChI=1S/C62H42N4/c1-62(2)51-24-14-12-22-46(51)47-32-30-44(37-52(47)62)55-38-54(64-61(65-55)42-18-8-4-9-19-42)40-28-26-39(27-29-40)43-31-34-53-50(36-43)58-49(60(63-53)41-16-6-3-7-17-41)33-35-57-59(58)48-23-13-15-25-56(48)66(57)45-20-10-5-11-21-45/h3-38H,1-2H3. The molecule has 310 valence electrons. The van der Waals surface area contributed by atoms with Crippen molar-refractivity contribution in [1.82, 2.24) is 19.5 Å². The van der Waals surface area contributed by atoms with E-state index in [1.54, 1.807) is 0 Å². The summed E-state index contributed by atoms with van der Waals surface area (Å²) in [7, 11) is 0. The van der Waals surface area contributed by atoms with Crippen LogP contribution in [0.25, 0.3) is 117 Å². The van der Waals surface area contributed by atoms with E-state index in [2.05, 4.69) is 219 Å². The zero-order chi connectivity index (χ0) is 43.9. The number of pyridine rings is 1. The van der Waals surface area contributed by atoms with Crippen LogP contribution in [-0.4, -0.2) is 19.5 Å². The molecule has 13 rings (SSSR count). The Balaban J connectivity index is 0.959. The zero-order valence-electron chi connectivity index (χ0n) is 36.6. The van der Waals surface area contributed by atoms with Gasteiger partial charge >= 0.3 is 0 Å². The molecule has 0 bridgehead atoms. The third-order valence-corrected chi connectivity index (χ3v) is 13.8. The molecule has 3 heterocycles. The van der Waals surface area contributed by atoms with E-state index in [-0.39, 0.29) is 5.41 Å². The highest BCUT2D eigenvalue weighted by Crippen LogP contribution is 2.50. The van der Waals surface area contributed by atoms with E-state index >= 15 is 0 Å². The first-order valence-electron chi connectivity index (χ1n) is 22.7. The molecule has 0 saturated heterocycles. The third kappa shape index (κ3) is 5.95. The number of aromatic nitrogens is 4. The van der Waals surface area contributed by atoms with Crippen LogP contribution in [0, 0.1) is 0 Å². The van der Waals surface area contributed by atoms with Crippen LogP contribution in [0.15, 0.2) is 218 Å². The maximum Gasteiger partial charge on any atom is 0.160 e. The number of para-hydroxylation sites is 2. The molecule has 0 fully saturated rings. The maximum atomic E-state index is 5.40. The van der Waals surface area contributed by atoms with Crippen LogP contribution in [0.2, 0.25) is 0 Å². The van der Waals surface area contributed by atoms with E-state index in [0.29, 0.717) is 5.82 Å². The molecule has 0 aliphatic heterocycles. The lowest BCUT2D eigenvalue weighted by Gasteiger charge is -2.22. The predicted octanol–water partition coefficient (Wildman–Crippen LogP) is 15.9. The topological polar surface area (TPSA) is 43.6 Å². The lowest BCUT2D eigenvalue weighted by Crippen LogP contribution is -2.14. The highest BCUT2D eigenvalue weighted by atomic mass is 15.0. The highest BCUT2D eigenvalue weighted by molar-refractivity contribution is 6.29. The molecule has 0 N–H and O–H groups in total. The number of rotatable bonds is 6. The second-order valence-electron chi connectivity index (χ2n) is 18.0. The number of fused-ring (bicyclic) bond motifs is 10. The Morgan fingerprint density at radius 2 is 0.985 bits per heavy atom. The van der Waals surface area contributed by atoms with Crippen molar-refractivity contribution in [2.45, 2.75) is 19.3 Å².